The maximum absolute atomic E-state index is 13.3. The molecule has 1 aliphatic carbocycles. The molecule has 1 aromatic carbocycles. The van der Waals surface area contributed by atoms with Crippen LogP contribution in [0, 0.1) is 11.8 Å². The highest BCUT2D eigenvalue weighted by molar-refractivity contribution is 7.91. The summed E-state index contributed by atoms with van der Waals surface area (Å²) in [5, 5.41) is 2.82. The Hall–Kier alpha value is -3.19. The zero-order valence-corrected chi connectivity index (χ0v) is 24.5. The highest BCUT2D eigenvalue weighted by atomic mass is 32.2. The van der Waals surface area contributed by atoms with Crippen molar-refractivity contribution in [2.24, 2.45) is 17.6 Å². The van der Waals surface area contributed by atoms with Gasteiger partial charge >= 0.3 is 12.3 Å². The third kappa shape index (κ3) is 7.41. The molecule has 1 fully saturated rings. The first-order valence-electron chi connectivity index (χ1n) is 14.2. The van der Waals surface area contributed by atoms with Gasteiger partial charge in [-0.15, -0.1) is 0 Å². The number of aromatic nitrogens is 1. The monoisotopic (exact) mass is 610 g/mol. The van der Waals surface area contributed by atoms with E-state index in [9.17, 15) is 31.2 Å². The van der Waals surface area contributed by atoms with Crippen molar-refractivity contribution < 1.29 is 35.9 Å². The fourth-order valence-corrected chi connectivity index (χ4v) is 6.81. The van der Waals surface area contributed by atoms with Crippen molar-refractivity contribution in [1.82, 2.24) is 15.2 Å². The molecule has 0 spiro atoms. The summed E-state index contributed by atoms with van der Waals surface area (Å²) in [6.07, 6.45) is -1.50. The van der Waals surface area contributed by atoms with Crippen LogP contribution in [0.2, 0.25) is 0 Å². The topological polar surface area (TPSA) is 132 Å². The van der Waals surface area contributed by atoms with E-state index < -0.39 is 40.0 Å². The third-order valence-corrected chi connectivity index (χ3v) is 10.1. The Morgan fingerprint density at radius 1 is 1.14 bits per heavy atom. The average molecular weight is 611 g/mol. The predicted octanol–water partition coefficient (Wildman–Crippen LogP) is 5.08. The van der Waals surface area contributed by atoms with Crippen molar-refractivity contribution in [3.8, 4) is 0 Å². The molecule has 1 aliphatic heterocycles. The number of nitrogens with one attached hydrogen (secondary N) is 1. The fraction of sp³-hybridized carbons (Fsp3) is 0.552. The van der Waals surface area contributed by atoms with Crippen molar-refractivity contribution in [3.63, 3.8) is 0 Å². The SMILES string of the molecule is CC[C@H]1c2ncc(C(=O)N[C@@H](COC(N)=O)c3ccc(S(=O)(=O)CC)cc3)cc2CN1CC1CCC(C(F)(F)F)CC1. The fourth-order valence-electron chi connectivity index (χ4n) is 5.92. The van der Waals surface area contributed by atoms with Crippen LogP contribution >= 0.6 is 0 Å². The summed E-state index contributed by atoms with van der Waals surface area (Å²) in [4.78, 5) is 31.5. The number of hydrogen-bond acceptors (Lipinski definition) is 7. The van der Waals surface area contributed by atoms with Gasteiger partial charge in [-0.3, -0.25) is 14.7 Å². The zero-order chi connectivity index (χ0) is 30.7. The molecule has 1 saturated carbocycles. The first-order chi connectivity index (χ1) is 19.8. The predicted molar refractivity (Wildman–Crippen MR) is 149 cm³/mol. The highest BCUT2D eigenvalue weighted by Gasteiger charge is 2.42. The van der Waals surface area contributed by atoms with E-state index in [4.69, 9.17) is 10.5 Å². The molecule has 4 rings (SSSR count). The number of alkyl halides is 3. The van der Waals surface area contributed by atoms with Crippen LogP contribution in [-0.4, -0.2) is 55.4 Å². The van der Waals surface area contributed by atoms with Crippen LogP contribution in [0.1, 0.15) is 85.2 Å². The van der Waals surface area contributed by atoms with E-state index in [0.29, 0.717) is 37.1 Å². The van der Waals surface area contributed by atoms with E-state index >= 15 is 0 Å². The Morgan fingerprint density at radius 3 is 2.38 bits per heavy atom. The molecule has 13 heteroatoms. The molecule has 1 aromatic heterocycles. The molecule has 2 heterocycles. The van der Waals surface area contributed by atoms with Gasteiger partial charge in [-0.1, -0.05) is 26.0 Å². The molecule has 230 valence electrons. The Morgan fingerprint density at radius 2 is 1.81 bits per heavy atom. The van der Waals surface area contributed by atoms with Crippen molar-refractivity contribution in [3.05, 3.63) is 58.9 Å². The molecular formula is C29H37F3N4O5S. The second-order valence-electron chi connectivity index (χ2n) is 11.0. The molecule has 2 amide bonds. The molecule has 2 aliphatic rings. The molecule has 3 N–H and O–H groups in total. The summed E-state index contributed by atoms with van der Waals surface area (Å²) < 4.78 is 68.6. The number of nitrogens with two attached hydrogens (primary N) is 1. The Labute approximate surface area is 243 Å². The van der Waals surface area contributed by atoms with Crippen LogP contribution in [0.4, 0.5) is 18.0 Å². The van der Waals surface area contributed by atoms with Gasteiger partial charge in [0.2, 0.25) is 0 Å². The molecule has 9 nitrogen and oxygen atoms in total. The number of rotatable bonds is 10. The maximum atomic E-state index is 13.3. The van der Waals surface area contributed by atoms with Crippen LogP contribution in [0.5, 0.6) is 0 Å². The van der Waals surface area contributed by atoms with Gasteiger partial charge in [0, 0.05) is 19.3 Å². The van der Waals surface area contributed by atoms with E-state index in [1.807, 2.05) is 6.92 Å². The Kier molecular flexibility index (Phi) is 9.81. The second kappa shape index (κ2) is 13.0. The standard InChI is InChI=1S/C29H37F3N4O5S/c1-3-25-26-21(16-36(25)15-18-5-9-22(10-6-18)29(30,31)32)13-20(14-34-26)27(37)35-24(17-41-28(33)38)19-7-11-23(12-8-19)42(39,40)4-2/h7-8,11-14,18,22,24-25H,3-6,9-10,15-17H2,1-2H3,(H2,33,38)(H,35,37)/t18?,22?,24-,25-/m0/s1. The third-order valence-electron chi connectivity index (χ3n) is 8.30. The normalized spacial score (nSPS) is 21.9. The number of pyridine rings is 1. The van der Waals surface area contributed by atoms with Gasteiger partial charge < -0.3 is 15.8 Å². The first kappa shape index (κ1) is 31.7. The van der Waals surface area contributed by atoms with Crippen molar-refractivity contribution in [1.29, 1.82) is 0 Å². The number of carbonyl (C=O) groups is 2. The lowest BCUT2D eigenvalue weighted by Crippen LogP contribution is -2.33. The summed E-state index contributed by atoms with van der Waals surface area (Å²) in [5.41, 5.74) is 7.70. The lowest BCUT2D eigenvalue weighted by molar-refractivity contribution is -0.184. The van der Waals surface area contributed by atoms with Gasteiger partial charge in [0.1, 0.15) is 6.61 Å². The van der Waals surface area contributed by atoms with Crippen LogP contribution < -0.4 is 11.1 Å². The van der Waals surface area contributed by atoms with E-state index in [-0.39, 0.29) is 42.1 Å². The molecule has 42 heavy (non-hydrogen) atoms. The summed E-state index contributed by atoms with van der Waals surface area (Å²) in [5.74, 6) is -1.56. The second-order valence-corrected chi connectivity index (χ2v) is 13.3. The van der Waals surface area contributed by atoms with Crippen molar-refractivity contribution in [2.45, 2.75) is 75.7 Å². The van der Waals surface area contributed by atoms with E-state index in [2.05, 4.69) is 15.2 Å². The number of ether oxygens (including phenoxy) is 1. The van der Waals surface area contributed by atoms with Crippen LogP contribution in [0.3, 0.4) is 0 Å². The molecule has 2 aromatic rings. The summed E-state index contributed by atoms with van der Waals surface area (Å²) >= 11 is 0. The van der Waals surface area contributed by atoms with Crippen LogP contribution in [0.15, 0.2) is 41.4 Å². The van der Waals surface area contributed by atoms with Crippen LogP contribution in [0.25, 0.3) is 0 Å². The van der Waals surface area contributed by atoms with E-state index in [0.717, 1.165) is 17.7 Å². The maximum Gasteiger partial charge on any atom is 0.404 e. The minimum absolute atomic E-state index is 0.0204. The number of hydrogen-bond donors (Lipinski definition) is 2. The van der Waals surface area contributed by atoms with Gasteiger partial charge in [0.05, 0.1) is 39.9 Å². The minimum Gasteiger partial charge on any atom is -0.447 e. The number of halogens is 3. The van der Waals surface area contributed by atoms with Gasteiger partial charge in [0.25, 0.3) is 5.91 Å². The largest absolute Gasteiger partial charge is 0.447 e. The van der Waals surface area contributed by atoms with Crippen molar-refractivity contribution >= 4 is 21.8 Å². The smallest absolute Gasteiger partial charge is 0.404 e. The number of benzene rings is 1. The lowest BCUT2D eigenvalue weighted by atomic mass is 9.81. The number of sulfone groups is 1. The van der Waals surface area contributed by atoms with Gasteiger partial charge in [-0.05, 0) is 67.3 Å². The number of primary amides is 1. The van der Waals surface area contributed by atoms with Gasteiger partial charge in [-0.2, -0.15) is 13.2 Å². The average Bonchev–Trinajstić information content (AvgIpc) is 3.30. The molecule has 0 saturated heterocycles. The number of amides is 2. The quantitative estimate of drug-likeness (QED) is 0.384. The molecule has 0 bridgehead atoms. The van der Waals surface area contributed by atoms with Crippen molar-refractivity contribution in [2.75, 3.05) is 18.9 Å². The highest BCUT2D eigenvalue weighted by Crippen LogP contribution is 2.42. The number of fused-ring (bicyclic) bond motifs is 1. The lowest BCUT2D eigenvalue weighted by Gasteiger charge is -2.33. The van der Waals surface area contributed by atoms with Gasteiger partial charge in [-0.25, -0.2) is 13.2 Å². The van der Waals surface area contributed by atoms with E-state index in [1.165, 1.54) is 18.3 Å². The summed E-state index contributed by atoms with van der Waals surface area (Å²) in [6.45, 7) is 4.54. The van der Waals surface area contributed by atoms with Crippen LogP contribution in [-0.2, 0) is 21.1 Å². The molecule has 2 atom stereocenters. The number of nitrogens with zero attached hydrogens (tertiary/aromatic N) is 2. The number of carbonyl (C=O) groups excluding carboxylic acids is 2. The van der Waals surface area contributed by atoms with E-state index in [1.54, 1.807) is 25.1 Å². The zero-order valence-electron chi connectivity index (χ0n) is 23.7. The molecule has 0 unspecified atom stereocenters. The molecular weight excluding hydrogens is 573 g/mol. The minimum atomic E-state index is -4.13. The first-order valence-corrected chi connectivity index (χ1v) is 15.8. The van der Waals surface area contributed by atoms with Gasteiger partial charge in [0.15, 0.2) is 9.84 Å². The Balaban J connectivity index is 1.45. The summed E-state index contributed by atoms with van der Waals surface area (Å²) in [6, 6.07) is 6.95. The Bertz CT molecular complexity index is 1380. The summed E-state index contributed by atoms with van der Waals surface area (Å²) in [7, 11) is -3.42. The molecule has 0 radical (unpaired) electrons.